The molecule has 1 heterocycles. The van der Waals surface area contributed by atoms with E-state index in [9.17, 15) is 9.13 Å². The zero-order valence-corrected chi connectivity index (χ0v) is 12.2. The van der Waals surface area contributed by atoms with Crippen LogP contribution in [-0.4, -0.2) is 38.5 Å². The third-order valence-corrected chi connectivity index (χ3v) is 3.51. The van der Waals surface area contributed by atoms with Crippen LogP contribution >= 0.6 is 27.7 Å². The van der Waals surface area contributed by atoms with Crippen LogP contribution in [0.3, 0.4) is 0 Å². The van der Waals surface area contributed by atoms with E-state index >= 15 is 0 Å². The van der Waals surface area contributed by atoms with E-state index in [0.717, 1.165) is 6.34 Å². The SMILES string of the molecule is CO[P+](=O)OC[C@@H]1C[C@@H](O[P+](=O)S)[C@H](N=CN)O1. The largest absolute Gasteiger partial charge is 0.697 e. The van der Waals surface area contributed by atoms with Crippen LogP contribution in [0.5, 0.6) is 0 Å². The van der Waals surface area contributed by atoms with Gasteiger partial charge in [0.15, 0.2) is 12.3 Å². The molecule has 0 bridgehead atoms. The molecule has 1 aliphatic heterocycles. The van der Waals surface area contributed by atoms with Crippen molar-refractivity contribution in [2.24, 2.45) is 10.7 Å². The van der Waals surface area contributed by atoms with Gasteiger partial charge in [0, 0.05) is 11.0 Å². The first-order chi connectivity index (χ1) is 8.56. The maximum absolute atomic E-state index is 10.9. The van der Waals surface area contributed by atoms with Crippen LogP contribution < -0.4 is 5.73 Å². The summed E-state index contributed by atoms with van der Waals surface area (Å²) in [5.74, 6) is 0. The molecule has 0 radical (unpaired) electrons. The maximum atomic E-state index is 10.9. The molecule has 1 aliphatic rings. The molecule has 2 N–H and O–H groups in total. The van der Waals surface area contributed by atoms with Crippen molar-refractivity contribution >= 4 is 34.1 Å². The van der Waals surface area contributed by atoms with Crippen molar-refractivity contribution < 1.29 is 27.4 Å². The lowest BCUT2D eigenvalue weighted by Crippen LogP contribution is -2.20. The Kier molecular flexibility index (Phi) is 7.18. The van der Waals surface area contributed by atoms with Crippen LogP contribution in [0, 0.1) is 0 Å². The fourth-order valence-corrected chi connectivity index (χ4v) is 2.63. The van der Waals surface area contributed by atoms with Crippen LogP contribution in [-0.2, 0) is 27.4 Å². The number of hydrogen-bond acceptors (Lipinski definition) is 7. The molecule has 0 aromatic heterocycles. The average Bonchev–Trinajstić information content (AvgIpc) is 2.68. The van der Waals surface area contributed by atoms with E-state index < -0.39 is 27.8 Å². The second-order valence-corrected chi connectivity index (χ2v) is 6.00. The summed E-state index contributed by atoms with van der Waals surface area (Å²) in [5.41, 5.74) is 5.17. The molecule has 18 heavy (non-hydrogen) atoms. The lowest BCUT2D eigenvalue weighted by Gasteiger charge is -2.07. The molecule has 11 heteroatoms. The molecule has 0 saturated carbocycles. The summed E-state index contributed by atoms with van der Waals surface area (Å²) < 4.78 is 41.7. The van der Waals surface area contributed by atoms with Gasteiger partial charge in [-0.3, -0.25) is 0 Å². The molecule has 0 aromatic carbocycles. The van der Waals surface area contributed by atoms with E-state index in [-0.39, 0.29) is 12.7 Å². The third kappa shape index (κ3) is 5.24. The van der Waals surface area contributed by atoms with Gasteiger partial charge in [0.25, 0.3) is 0 Å². The van der Waals surface area contributed by atoms with Gasteiger partial charge in [-0.25, -0.2) is 4.99 Å². The monoisotopic (exact) mass is 316 g/mol. The summed E-state index contributed by atoms with van der Waals surface area (Å²) in [6, 6.07) is 0. The van der Waals surface area contributed by atoms with Crippen LogP contribution in [0.1, 0.15) is 6.42 Å². The highest BCUT2D eigenvalue weighted by atomic mass is 32.7. The fourth-order valence-electron chi connectivity index (χ4n) is 1.45. The molecule has 0 spiro atoms. The molecule has 102 valence electrons. The second kappa shape index (κ2) is 8.12. The highest BCUT2D eigenvalue weighted by molar-refractivity contribution is 8.39. The zero-order chi connectivity index (χ0) is 13.5. The Labute approximate surface area is 111 Å². The lowest BCUT2D eigenvalue weighted by molar-refractivity contribution is 0.00516. The van der Waals surface area contributed by atoms with Gasteiger partial charge in [-0.2, -0.15) is 0 Å². The number of ether oxygens (including phenoxy) is 1. The lowest BCUT2D eigenvalue weighted by atomic mass is 10.2. The number of nitrogens with zero attached hydrogens (tertiary/aromatic N) is 1. The van der Waals surface area contributed by atoms with Crippen molar-refractivity contribution in [3.63, 3.8) is 0 Å². The minimum Gasteiger partial charge on any atom is -0.390 e. The third-order valence-electron chi connectivity index (χ3n) is 2.12. The molecule has 1 saturated heterocycles. The van der Waals surface area contributed by atoms with Crippen LogP contribution in [0.15, 0.2) is 4.99 Å². The Morgan fingerprint density at radius 1 is 1.61 bits per heavy atom. The molecular weight excluding hydrogens is 302 g/mol. The van der Waals surface area contributed by atoms with Crippen LogP contribution in [0.4, 0.5) is 0 Å². The van der Waals surface area contributed by atoms with Gasteiger partial charge in [0.1, 0.15) is 18.9 Å². The van der Waals surface area contributed by atoms with E-state index in [2.05, 4.69) is 21.8 Å². The van der Waals surface area contributed by atoms with Gasteiger partial charge >= 0.3 is 15.5 Å². The van der Waals surface area contributed by atoms with Crippen molar-refractivity contribution in [1.82, 2.24) is 0 Å². The molecule has 1 rings (SSSR count). The summed E-state index contributed by atoms with van der Waals surface area (Å²) in [6.45, 7) is 0.0584. The standard InChI is InChI=1S/C7H13N2O6P2S/c1-12-16(10)13-3-5-2-6(15-17(11)18)7(14-5)9-4-8/h4-7H,2-3H2,1H3,(H2-,8,9,11,18)/q+1/p+1/t5-,6+,7+/m0/s1. The van der Waals surface area contributed by atoms with Crippen LogP contribution in [0.25, 0.3) is 0 Å². The summed E-state index contributed by atoms with van der Waals surface area (Å²) in [5, 5.41) is 0. The normalized spacial score (nSPS) is 29.8. The van der Waals surface area contributed by atoms with E-state index in [1.54, 1.807) is 0 Å². The molecule has 5 atom stereocenters. The Balaban J connectivity index is 2.49. The quantitative estimate of drug-likeness (QED) is 0.316. The summed E-state index contributed by atoms with van der Waals surface area (Å²) >= 11 is 3.66. The first-order valence-electron chi connectivity index (χ1n) is 4.92. The Morgan fingerprint density at radius 3 is 2.89 bits per heavy atom. The zero-order valence-electron chi connectivity index (χ0n) is 9.54. The van der Waals surface area contributed by atoms with Crippen molar-refractivity contribution in [3.05, 3.63) is 0 Å². The molecule has 2 unspecified atom stereocenters. The molecule has 8 nitrogen and oxygen atoms in total. The van der Waals surface area contributed by atoms with Crippen molar-refractivity contribution in [2.75, 3.05) is 13.7 Å². The van der Waals surface area contributed by atoms with E-state index in [1.807, 2.05) is 0 Å². The van der Waals surface area contributed by atoms with Crippen molar-refractivity contribution in [3.8, 4) is 0 Å². The first-order valence-corrected chi connectivity index (χ1v) is 8.35. The number of thiol groups is 1. The smallest absolute Gasteiger partial charge is 0.390 e. The minimum atomic E-state index is -2.15. The van der Waals surface area contributed by atoms with E-state index in [0.29, 0.717) is 6.42 Å². The predicted octanol–water partition coefficient (Wildman–Crippen LogP) is 1.38. The average molecular weight is 316 g/mol. The number of aliphatic imine (C=N–C) groups is 1. The Morgan fingerprint density at radius 2 is 2.33 bits per heavy atom. The second-order valence-electron chi connectivity index (χ2n) is 3.27. The Bertz CT molecular complexity index is 344. The fraction of sp³-hybridized carbons (Fsp3) is 0.857. The molecule has 0 aliphatic carbocycles. The number of nitrogens with two attached hydrogens (primary N) is 1. The van der Waals surface area contributed by atoms with Gasteiger partial charge in [0.2, 0.25) is 0 Å². The number of hydrogen-bond donors (Lipinski definition) is 2. The van der Waals surface area contributed by atoms with Gasteiger partial charge in [-0.15, -0.1) is 13.6 Å². The van der Waals surface area contributed by atoms with Gasteiger partial charge in [0.05, 0.1) is 19.6 Å². The highest BCUT2D eigenvalue weighted by Crippen LogP contribution is 2.36. The highest BCUT2D eigenvalue weighted by Gasteiger charge is 2.42. The summed E-state index contributed by atoms with van der Waals surface area (Å²) in [7, 11) is -2.95. The molecular formula is C7H14N2O6P2S+2. The van der Waals surface area contributed by atoms with Crippen LogP contribution in [0.2, 0.25) is 0 Å². The van der Waals surface area contributed by atoms with E-state index in [1.165, 1.54) is 7.11 Å². The number of rotatable bonds is 7. The topological polar surface area (TPSA) is 109 Å². The van der Waals surface area contributed by atoms with Gasteiger partial charge in [-0.1, -0.05) is 0 Å². The summed E-state index contributed by atoms with van der Waals surface area (Å²) in [4.78, 5) is 3.84. The molecule has 0 aromatic rings. The molecule has 1 fully saturated rings. The Hall–Kier alpha value is -0.140. The first kappa shape index (κ1) is 15.9. The maximum Gasteiger partial charge on any atom is 0.697 e. The van der Waals surface area contributed by atoms with Gasteiger partial charge < -0.3 is 10.5 Å². The molecule has 0 amide bonds. The minimum absolute atomic E-state index is 0.0584. The van der Waals surface area contributed by atoms with Gasteiger partial charge in [-0.05, 0) is 4.57 Å². The predicted molar refractivity (Wildman–Crippen MR) is 68.0 cm³/mol. The van der Waals surface area contributed by atoms with Crippen molar-refractivity contribution in [2.45, 2.75) is 24.9 Å². The summed E-state index contributed by atoms with van der Waals surface area (Å²) in [6.07, 6.45) is -0.127. The van der Waals surface area contributed by atoms with Crippen molar-refractivity contribution in [1.29, 1.82) is 0 Å². The van der Waals surface area contributed by atoms with E-state index in [4.69, 9.17) is 19.5 Å².